The molecule has 150 valence electrons. The van der Waals surface area contributed by atoms with Gasteiger partial charge in [0.2, 0.25) is 10.0 Å². The molecule has 3 rings (SSSR count). The first-order valence-electron chi connectivity index (χ1n) is 9.60. The third kappa shape index (κ3) is 4.13. The van der Waals surface area contributed by atoms with Crippen molar-refractivity contribution in [2.75, 3.05) is 13.1 Å². The molecule has 0 spiro atoms. The summed E-state index contributed by atoms with van der Waals surface area (Å²) in [6.45, 7) is 10.2. The minimum Gasteiger partial charge on any atom is -0.390 e. The Kier molecular flexibility index (Phi) is 5.91. The Balaban J connectivity index is 1.77. The lowest BCUT2D eigenvalue weighted by atomic mass is 10.0. The van der Waals surface area contributed by atoms with Crippen molar-refractivity contribution in [2.24, 2.45) is 5.16 Å². The van der Waals surface area contributed by atoms with E-state index in [0.717, 1.165) is 28.0 Å². The summed E-state index contributed by atoms with van der Waals surface area (Å²) in [6, 6.07) is 11.9. The molecule has 28 heavy (non-hydrogen) atoms. The first-order chi connectivity index (χ1) is 13.2. The number of sulfonamides is 1. The van der Waals surface area contributed by atoms with Gasteiger partial charge in [-0.15, -0.1) is 0 Å². The first kappa shape index (κ1) is 20.6. The SMILES string of the molecule is CCN(C[C@@H]1CC(c2ccc(C)cc2)=NO1)S(=O)(=O)c1c(C)cc(C)cc1C. The van der Waals surface area contributed by atoms with Gasteiger partial charge in [-0.3, -0.25) is 0 Å². The van der Waals surface area contributed by atoms with Gasteiger partial charge in [0.25, 0.3) is 0 Å². The Hall–Kier alpha value is -2.18. The summed E-state index contributed by atoms with van der Waals surface area (Å²) < 4.78 is 28.1. The quantitative estimate of drug-likeness (QED) is 0.733. The van der Waals surface area contributed by atoms with Crippen LogP contribution in [0.5, 0.6) is 0 Å². The predicted octanol–water partition coefficient (Wildman–Crippen LogP) is 4.12. The molecule has 0 aromatic heterocycles. The predicted molar refractivity (Wildman–Crippen MR) is 112 cm³/mol. The number of hydrogen-bond acceptors (Lipinski definition) is 4. The van der Waals surface area contributed by atoms with Crippen LogP contribution in [0, 0.1) is 27.7 Å². The molecule has 0 amide bonds. The van der Waals surface area contributed by atoms with Crippen LogP contribution in [0.3, 0.4) is 0 Å². The van der Waals surface area contributed by atoms with Crippen molar-refractivity contribution in [3.8, 4) is 0 Å². The zero-order chi connectivity index (χ0) is 20.5. The second kappa shape index (κ2) is 8.05. The average molecular weight is 401 g/mol. The van der Waals surface area contributed by atoms with E-state index in [1.807, 2.05) is 71.0 Å². The smallest absolute Gasteiger partial charge is 0.243 e. The monoisotopic (exact) mass is 400 g/mol. The topological polar surface area (TPSA) is 59.0 Å². The molecule has 0 N–H and O–H groups in total. The molecule has 0 fully saturated rings. The van der Waals surface area contributed by atoms with E-state index in [-0.39, 0.29) is 12.6 Å². The summed E-state index contributed by atoms with van der Waals surface area (Å²) in [5, 5.41) is 4.20. The van der Waals surface area contributed by atoms with Crippen molar-refractivity contribution in [1.82, 2.24) is 4.31 Å². The van der Waals surface area contributed by atoms with Crippen LogP contribution in [0.2, 0.25) is 0 Å². The molecule has 0 saturated carbocycles. The highest BCUT2D eigenvalue weighted by atomic mass is 32.2. The number of aryl methyl sites for hydroxylation is 4. The van der Waals surface area contributed by atoms with Crippen molar-refractivity contribution in [3.05, 3.63) is 64.2 Å². The highest BCUT2D eigenvalue weighted by Crippen LogP contribution is 2.27. The van der Waals surface area contributed by atoms with Crippen molar-refractivity contribution in [1.29, 1.82) is 0 Å². The standard InChI is InChI=1S/C22H28N2O3S/c1-6-24(28(25,26)22-17(4)11-16(3)12-18(22)5)14-20-13-21(23-27-20)19-9-7-15(2)8-10-19/h7-12,20H,6,13-14H2,1-5H3/t20-/m0/s1. The van der Waals surface area contributed by atoms with Gasteiger partial charge >= 0.3 is 0 Å². The fourth-order valence-electron chi connectivity index (χ4n) is 3.77. The van der Waals surface area contributed by atoms with Gasteiger partial charge in [-0.05, 0) is 44.4 Å². The Labute approximate surface area is 168 Å². The summed E-state index contributed by atoms with van der Waals surface area (Å²) >= 11 is 0. The van der Waals surface area contributed by atoms with E-state index in [9.17, 15) is 8.42 Å². The Morgan fingerprint density at radius 2 is 1.64 bits per heavy atom. The second-order valence-electron chi connectivity index (χ2n) is 7.52. The second-order valence-corrected chi connectivity index (χ2v) is 9.39. The number of oxime groups is 1. The number of nitrogens with zero attached hydrogens (tertiary/aromatic N) is 2. The van der Waals surface area contributed by atoms with E-state index in [1.54, 1.807) is 0 Å². The normalized spacial score (nSPS) is 16.9. The third-order valence-electron chi connectivity index (χ3n) is 5.08. The highest BCUT2D eigenvalue weighted by molar-refractivity contribution is 7.89. The molecule has 1 aliphatic rings. The van der Waals surface area contributed by atoms with E-state index in [2.05, 4.69) is 5.16 Å². The van der Waals surface area contributed by atoms with Crippen LogP contribution in [-0.2, 0) is 14.9 Å². The van der Waals surface area contributed by atoms with Crippen LogP contribution >= 0.6 is 0 Å². The summed E-state index contributed by atoms with van der Waals surface area (Å²) in [7, 11) is -3.60. The van der Waals surface area contributed by atoms with E-state index in [1.165, 1.54) is 9.87 Å². The van der Waals surface area contributed by atoms with Crippen LogP contribution in [0.4, 0.5) is 0 Å². The van der Waals surface area contributed by atoms with Crippen molar-refractivity contribution in [2.45, 2.75) is 52.0 Å². The molecule has 6 heteroatoms. The van der Waals surface area contributed by atoms with Crippen molar-refractivity contribution >= 4 is 15.7 Å². The lowest BCUT2D eigenvalue weighted by Gasteiger charge is -2.24. The van der Waals surface area contributed by atoms with E-state index >= 15 is 0 Å². The van der Waals surface area contributed by atoms with Gasteiger partial charge in [0, 0.05) is 13.0 Å². The Morgan fingerprint density at radius 3 is 2.21 bits per heavy atom. The molecule has 1 atom stereocenters. The maximum absolute atomic E-state index is 13.3. The van der Waals surface area contributed by atoms with Crippen molar-refractivity contribution in [3.63, 3.8) is 0 Å². The van der Waals surface area contributed by atoms with Gasteiger partial charge in [0.05, 0.1) is 17.2 Å². The number of likely N-dealkylation sites (N-methyl/N-ethyl adjacent to an activating group) is 1. The van der Waals surface area contributed by atoms with Gasteiger partial charge in [0.15, 0.2) is 0 Å². The van der Waals surface area contributed by atoms with Crippen LogP contribution in [-0.4, -0.2) is 37.6 Å². The first-order valence-corrected chi connectivity index (χ1v) is 11.0. The van der Waals surface area contributed by atoms with Gasteiger partial charge < -0.3 is 4.84 Å². The van der Waals surface area contributed by atoms with Gasteiger partial charge in [-0.25, -0.2) is 8.42 Å². The summed E-state index contributed by atoms with van der Waals surface area (Å²) in [6.07, 6.45) is 0.318. The maximum Gasteiger partial charge on any atom is 0.243 e. The lowest BCUT2D eigenvalue weighted by molar-refractivity contribution is 0.0712. The molecular formula is C22H28N2O3S. The molecule has 0 unspecified atom stereocenters. The van der Waals surface area contributed by atoms with E-state index in [0.29, 0.717) is 17.9 Å². The summed E-state index contributed by atoms with van der Waals surface area (Å²) in [5.74, 6) is 0. The molecule has 0 bridgehead atoms. The highest BCUT2D eigenvalue weighted by Gasteiger charge is 2.32. The molecule has 5 nitrogen and oxygen atoms in total. The minimum atomic E-state index is -3.60. The molecular weight excluding hydrogens is 372 g/mol. The molecule has 2 aromatic rings. The van der Waals surface area contributed by atoms with E-state index < -0.39 is 10.0 Å². The van der Waals surface area contributed by atoms with Gasteiger partial charge in [-0.1, -0.05) is 59.6 Å². The van der Waals surface area contributed by atoms with Gasteiger partial charge in [-0.2, -0.15) is 4.31 Å². The fraction of sp³-hybridized carbons (Fsp3) is 0.409. The maximum atomic E-state index is 13.3. The van der Waals surface area contributed by atoms with Crippen molar-refractivity contribution < 1.29 is 13.3 Å². The fourth-order valence-corrected chi connectivity index (χ4v) is 5.66. The minimum absolute atomic E-state index is 0.280. The van der Waals surface area contributed by atoms with Gasteiger partial charge in [0.1, 0.15) is 6.10 Å². The Morgan fingerprint density at radius 1 is 1.04 bits per heavy atom. The van der Waals surface area contributed by atoms with Crippen LogP contribution < -0.4 is 0 Å². The van der Waals surface area contributed by atoms with Crippen LogP contribution in [0.15, 0.2) is 46.4 Å². The van der Waals surface area contributed by atoms with Crippen LogP contribution in [0.1, 0.15) is 41.2 Å². The zero-order valence-corrected chi connectivity index (χ0v) is 18.0. The number of benzene rings is 2. The van der Waals surface area contributed by atoms with Crippen LogP contribution in [0.25, 0.3) is 0 Å². The number of rotatable bonds is 6. The summed E-state index contributed by atoms with van der Waals surface area (Å²) in [5.41, 5.74) is 5.68. The average Bonchev–Trinajstić information content (AvgIpc) is 3.07. The lowest BCUT2D eigenvalue weighted by Crippen LogP contribution is -2.38. The number of hydrogen-bond donors (Lipinski definition) is 0. The molecule has 0 saturated heterocycles. The molecule has 0 radical (unpaired) electrons. The molecule has 0 aliphatic carbocycles. The molecule has 1 aliphatic heterocycles. The Bertz CT molecular complexity index is 972. The third-order valence-corrected chi connectivity index (χ3v) is 7.33. The van der Waals surface area contributed by atoms with E-state index in [4.69, 9.17) is 4.84 Å². The zero-order valence-electron chi connectivity index (χ0n) is 17.2. The summed E-state index contributed by atoms with van der Waals surface area (Å²) in [4.78, 5) is 5.98. The molecule has 1 heterocycles. The largest absolute Gasteiger partial charge is 0.390 e. The molecule has 2 aromatic carbocycles.